The summed E-state index contributed by atoms with van der Waals surface area (Å²) in [5, 5.41) is 3.02. The van der Waals surface area contributed by atoms with Crippen LogP contribution in [0.3, 0.4) is 0 Å². The summed E-state index contributed by atoms with van der Waals surface area (Å²) in [5.41, 5.74) is 2.20. The van der Waals surface area contributed by atoms with Crippen molar-refractivity contribution in [3.8, 4) is 5.75 Å². The molecule has 0 fully saturated rings. The van der Waals surface area contributed by atoms with E-state index in [9.17, 15) is 9.59 Å². The minimum atomic E-state index is -0.517. The van der Waals surface area contributed by atoms with Crippen molar-refractivity contribution in [2.75, 3.05) is 13.2 Å². The molecule has 0 heterocycles. The Labute approximate surface area is 180 Å². The average Bonchev–Trinajstić information content (AvgIpc) is 2.75. The predicted molar refractivity (Wildman–Crippen MR) is 121 cm³/mol. The van der Waals surface area contributed by atoms with E-state index >= 15 is 0 Å². The van der Waals surface area contributed by atoms with Gasteiger partial charge in [-0.3, -0.25) is 9.59 Å². The zero-order valence-electron chi connectivity index (χ0n) is 18.6. The number of hydrogen-bond acceptors (Lipinski definition) is 3. The molecule has 0 saturated carbocycles. The highest BCUT2D eigenvalue weighted by Crippen LogP contribution is 2.14. The van der Waals surface area contributed by atoms with Gasteiger partial charge in [0.1, 0.15) is 11.8 Å². The van der Waals surface area contributed by atoms with Crippen LogP contribution in [0, 0.1) is 6.92 Å². The molecular weight excluding hydrogens is 376 g/mol. The van der Waals surface area contributed by atoms with Crippen LogP contribution < -0.4 is 10.1 Å². The van der Waals surface area contributed by atoms with Gasteiger partial charge >= 0.3 is 0 Å². The quantitative estimate of drug-likeness (QED) is 0.606. The van der Waals surface area contributed by atoms with Gasteiger partial charge in [0.2, 0.25) is 5.91 Å². The van der Waals surface area contributed by atoms with Crippen LogP contribution in [0.1, 0.15) is 44.7 Å². The van der Waals surface area contributed by atoms with E-state index < -0.39 is 6.04 Å². The number of ether oxygens (including phenoxy) is 1. The molecule has 0 aliphatic carbocycles. The van der Waals surface area contributed by atoms with Gasteiger partial charge < -0.3 is 15.0 Å². The van der Waals surface area contributed by atoms with Crippen molar-refractivity contribution >= 4 is 11.8 Å². The summed E-state index contributed by atoms with van der Waals surface area (Å²) in [6.07, 6.45) is 2.08. The average molecular weight is 411 g/mol. The van der Waals surface area contributed by atoms with Crippen molar-refractivity contribution in [3.63, 3.8) is 0 Å². The van der Waals surface area contributed by atoms with Crippen LogP contribution in [0.2, 0.25) is 0 Å². The maximum absolute atomic E-state index is 13.1. The van der Waals surface area contributed by atoms with Crippen LogP contribution in [0.5, 0.6) is 5.75 Å². The third kappa shape index (κ3) is 7.21. The van der Waals surface area contributed by atoms with E-state index in [2.05, 4.69) is 5.32 Å². The molecule has 0 radical (unpaired) electrons. The summed E-state index contributed by atoms with van der Waals surface area (Å²) in [6, 6.07) is 17.2. The Morgan fingerprint density at radius 2 is 1.77 bits per heavy atom. The number of hydrogen-bond donors (Lipinski definition) is 1. The van der Waals surface area contributed by atoms with E-state index in [1.165, 1.54) is 0 Å². The fourth-order valence-electron chi connectivity index (χ4n) is 3.27. The largest absolute Gasteiger partial charge is 0.484 e. The van der Waals surface area contributed by atoms with Crippen molar-refractivity contribution in [2.45, 2.75) is 59.0 Å². The molecule has 2 amide bonds. The Morgan fingerprint density at radius 3 is 2.40 bits per heavy atom. The molecule has 0 saturated heterocycles. The third-order valence-corrected chi connectivity index (χ3v) is 5.22. The number of benzene rings is 2. The van der Waals surface area contributed by atoms with Gasteiger partial charge in [-0.2, -0.15) is 0 Å². The fraction of sp³-hybridized carbons (Fsp3) is 0.440. The SMILES string of the molecule is CC[C@@H](C)NC(=O)[C@@H](CC)N(CCc1ccccc1)C(=O)COc1cccc(C)c1. The summed E-state index contributed by atoms with van der Waals surface area (Å²) in [7, 11) is 0. The van der Waals surface area contributed by atoms with Crippen LogP contribution in [0.25, 0.3) is 0 Å². The van der Waals surface area contributed by atoms with E-state index in [-0.39, 0.29) is 24.5 Å². The topological polar surface area (TPSA) is 58.6 Å². The fourth-order valence-corrected chi connectivity index (χ4v) is 3.27. The first kappa shape index (κ1) is 23.5. The second kappa shape index (κ2) is 12.0. The van der Waals surface area contributed by atoms with Crippen LogP contribution in [0.15, 0.2) is 54.6 Å². The Hall–Kier alpha value is -2.82. The molecule has 5 heteroatoms. The van der Waals surface area contributed by atoms with Crippen molar-refractivity contribution in [1.82, 2.24) is 10.2 Å². The van der Waals surface area contributed by atoms with Crippen LogP contribution in [-0.4, -0.2) is 41.9 Å². The number of amides is 2. The lowest BCUT2D eigenvalue weighted by molar-refractivity contribution is -0.142. The lowest BCUT2D eigenvalue weighted by Gasteiger charge is -2.31. The van der Waals surface area contributed by atoms with Crippen molar-refractivity contribution in [3.05, 3.63) is 65.7 Å². The van der Waals surface area contributed by atoms with Crippen LogP contribution in [-0.2, 0) is 16.0 Å². The first-order chi connectivity index (χ1) is 14.4. The van der Waals surface area contributed by atoms with Gasteiger partial charge in [-0.15, -0.1) is 0 Å². The van der Waals surface area contributed by atoms with E-state index in [4.69, 9.17) is 4.74 Å². The van der Waals surface area contributed by atoms with Gasteiger partial charge in [-0.25, -0.2) is 0 Å². The molecule has 162 valence electrons. The molecule has 0 aliphatic heterocycles. The highest BCUT2D eigenvalue weighted by molar-refractivity contribution is 5.88. The highest BCUT2D eigenvalue weighted by Gasteiger charge is 2.29. The van der Waals surface area contributed by atoms with E-state index in [1.807, 2.05) is 82.3 Å². The normalized spacial score (nSPS) is 12.7. The molecule has 5 nitrogen and oxygen atoms in total. The van der Waals surface area contributed by atoms with Gasteiger partial charge in [0.15, 0.2) is 6.61 Å². The smallest absolute Gasteiger partial charge is 0.261 e. The molecule has 0 aliphatic rings. The molecular formula is C25H34N2O3. The van der Waals surface area contributed by atoms with E-state index in [0.717, 1.165) is 17.5 Å². The summed E-state index contributed by atoms with van der Waals surface area (Å²) >= 11 is 0. The Balaban J connectivity index is 2.13. The monoisotopic (exact) mass is 410 g/mol. The van der Waals surface area contributed by atoms with Gasteiger partial charge in [-0.05, 0) is 56.4 Å². The Morgan fingerprint density at radius 1 is 1.03 bits per heavy atom. The second-order valence-corrected chi connectivity index (χ2v) is 7.67. The molecule has 2 rings (SSSR count). The molecule has 30 heavy (non-hydrogen) atoms. The second-order valence-electron chi connectivity index (χ2n) is 7.67. The maximum atomic E-state index is 13.1. The van der Waals surface area contributed by atoms with Crippen LogP contribution in [0.4, 0.5) is 0 Å². The van der Waals surface area contributed by atoms with Gasteiger partial charge in [0, 0.05) is 12.6 Å². The highest BCUT2D eigenvalue weighted by atomic mass is 16.5. The lowest BCUT2D eigenvalue weighted by Crippen LogP contribution is -2.52. The van der Waals surface area contributed by atoms with Crippen LogP contribution >= 0.6 is 0 Å². The Bertz CT molecular complexity index is 807. The summed E-state index contributed by atoms with van der Waals surface area (Å²) in [4.78, 5) is 27.6. The molecule has 2 aromatic carbocycles. The maximum Gasteiger partial charge on any atom is 0.261 e. The van der Waals surface area contributed by atoms with Crippen molar-refractivity contribution in [1.29, 1.82) is 0 Å². The predicted octanol–water partition coefficient (Wildman–Crippen LogP) is 4.14. The minimum Gasteiger partial charge on any atom is -0.484 e. The number of carbonyl (C=O) groups excluding carboxylic acids is 2. The molecule has 1 N–H and O–H groups in total. The van der Waals surface area contributed by atoms with Gasteiger partial charge in [-0.1, -0.05) is 56.3 Å². The number of nitrogens with one attached hydrogen (secondary N) is 1. The van der Waals surface area contributed by atoms with E-state index in [1.54, 1.807) is 4.90 Å². The van der Waals surface area contributed by atoms with Gasteiger partial charge in [0.05, 0.1) is 0 Å². The van der Waals surface area contributed by atoms with Gasteiger partial charge in [0.25, 0.3) is 5.91 Å². The lowest BCUT2D eigenvalue weighted by atomic mass is 10.1. The van der Waals surface area contributed by atoms with E-state index in [0.29, 0.717) is 25.1 Å². The first-order valence-corrected chi connectivity index (χ1v) is 10.8. The molecule has 0 spiro atoms. The standard InChI is InChI=1S/C25H34N2O3/c1-5-20(4)26-25(29)23(6-2)27(16-15-21-12-8-7-9-13-21)24(28)18-30-22-14-10-11-19(3)17-22/h7-14,17,20,23H,5-6,15-16,18H2,1-4H3,(H,26,29)/t20-,23-/m1/s1. The van der Waals surface area contributed by atoms with Crippen molar-refractivity contribution in [2.24, 2.45) is 0 Å². The molecule has 0 aromatic heterocycles. The minimum absolute atomic E-state index is 0.0705. The molecule has 2 atom stereocenters. The zero-order valence-corrected chi connectivity index (χ0v) is 18.6. The molecule has 0 unspecified atom stereocenters. The van der Waals surface area contributed by atoms with Crippen molar-refractivity contribution < 1.29 is 14.3 Å². The molecule has 0 bridgehead atoms. The summed E-state index contributed by atoms with van der Waals surface area (Å²) in [5.74, 6) is 0.367. The summed E-state index contributed by atoms with van der Waals surface area (Å²) < 4.78 is 5.74. The number of carbonyl (C=O) groups is 2. The third-order valence-electron chi connectivity index (χ3n) is 5.22. The molecule has 2 aromatic rings. The summed E-state index contributed by atoms with van der Waals surface area (Å²) in [6.45, 7) is 8.29. The number of aryl methyl sites for hydroxylation is 1. The number of nitrogens with zero attached hydrogens (tertiary/aromatic N) is 1. The Kier molecular flexibility index (Phi) is 9.39. The first-order valence-electron chi connectivity index (χ1n) is 10.8. The zero-order chi connectivity index (χ0) is 21.9. The number of rotatable bonds is 11.